The van der Waals surface area contributed by atoms with E-state index in [1.807, 2.05) is 20.8 Å². The van der Waals surface area contributed by atoms with Gasteiger partial charge in [0.15, 0.2) is 23.3 Å². The topological polar surface area (TPSA) is 85.9 Å². The zero-order valence-electron chi connectivity index (χ0n) is 25.9. The Kier molecular flexibility index (Phi) is 9.25. The van der Waals surface area contributed by atoms with Crippen LogP contribution in [0, 0.1) is 52.3 Å². The normalized spacial score (nSPS) is 26.1. The van der Waals surface area contributed by atoms with Crippen molar-refractivity contribution in [2.75, 3.05) is 0 Å². The molecule has 3 aliphatic carbocycles. The van der Waals surface area contributed by atoms with Gasteiger partial charge in [-0.2, -0.15) is 0 Å². The van der Waals surface area contributed by atoms with Gasteiger partial charge in [0, 0.05) is 12.0 Å². The summed E-state index contributed by atoms with van der Waals surface area (Å²) in [5, 5.41) is 5.03. The van der Waals surface area contributed by atoms with E-state index in [0.29, 0.717) is 17.9 Å². The fourth-order valence-electron chi connectivity index (χ4n) is 7.25. The van der Waals surface area contributed by atoms with Crippen LogP contribution in [0.5, 0.6) is 0 Å². The molecule has 6 atom stereocenters. The van der Waals surface area contributed by atoms with E-state index < -0.39 is 77.8 Å². The van der Waals surface area contributed by atoms with Gasteiger partial charge in [0.05, 0.1) is 17.6 Å². The summed E-state index contributed by atoms with van der Waals surface area (Å²) in [6.07, 6.45) is -0.174. The third-order valence-electron chi connectivity index (χ3n) is 9.88. The highest BCUT2D eigenvalue weighted by atomic mass is 19.2. The Bertz CT molecular complexity index is 1420. The van der Waals surface area contributed by atoms with Crippen molar-refractivity contribution in [1.29, 1.82) is 0 Å². The standard InChI is InChI=1S/C32H38BF5N2O5/c1-16(2)11-23(33-44-22-13-18-12-21(31(18,3)4)32(22,5)45-33)40-29(41)20(39-30(42)43-15-17-9-7-6-8-10-17)14-19-24(34)26(36)28(38)27(37)25(19)35/h6-10,16,18,20-23H,11-15H2,1-5H3,(H,39,42)(H,40,41)/t18-,20-,21-,22+,23-,32-/m0/s1. The lowest BCUT2D eigenvalue weighted by molar-refractivity contribution is -0.199. The molecule has 1 aliphatic heterocycles. The van der Waals surface area contributed by atoms with Crippen LogP contribution in [0.3, 0.4) is 0 Å². The van der Waals surface area contributed by atoms with E-state index >= 15 is 0 Å². The summed E-state index contributed by atoms with van der Waals surface area (Å²) >= 11 is 0. The smallest absolute Gasteiger partial charge is 0.445 e. The van der Waals surface area contributed by atoms with Crippen LogP contribution < -0.4 is 10.6 Å². The Hall–Kier alpha value is -3.19. The summed E-state index contributed by atoms with van der Waals surface area (Å²) in [6.45, 7) is 10.1. The Balaban J connectivity index is 1.38. The molecule has 3 saturated carbocycles. The third-order valence-corrected chi connectivity index (χ3v) is 9.88. The second-order valence-electron chi connectivity index (χ2n) is 13.6. The number of hydrogen-bond acceptors (Lipinski definition) is 5. The molecule has 244 valence electrons. The van der Waals surface area contributed by atoms with Gasteiger partial charge >= 0.3 is 13.2 Å². The molecular formula is C32H38BF5N2O5. The molecule has 4 fully saturated rings. The molecular weight excluding hydrogens is 598 g/mol. The predicted molar refractivity (Wildman–Crippen MR) is 155 cm³/mol. The molecule has 0 spiro atoms. The van der Waals surface area contributed by atoms with E-state index in [0.717, 1.165) is 12.8 Å². The summed E-state index contributed by atoms with van der Waals surface area (Å²) in [7, 11) is -0.860. The van der Waals surface area contributed by atoms with Gasteiger partial charge in [-0.25, -0.2) is 26.7 Å². The van der Waals surface area contributed by atoms with Crippen molar-refractivity contribution in [3.63, 3.8) is 0 Å². The van der Waals surface area contributed by atoms with Gasteiger partial charge in [-0.15, -0.1) is 0 Å². The van der Waals surface area contributed by atoms with Crippen molar-refractivity contribution >= 4 is 19.1 Å². The number of ether oxygens (including phenoxy) is 1. The number of alkyl carbamates (subject to hydrolysis) is 1. The highest BCUT2D eigenvalue weighted by Crippen LogP contribution is 2.65. The number of rotatable bonds is 10. The van der Waals surface area contributed by atoms with Gasteiger partial charge in [-0.05, 0) is 54.9 Å². The maximum Gasteiger partial charge on any atom is 0.481 e. The number of halogens is 5. The Morgan fingerprint density at radius 2 is 1.58 bits per heavy atom. The van der Waals surface area contributed by atoms with Gasteiger partial charge < -0.3 is 24.7 Å². The summed E-state index contributed by atoms with van der Waals surface area (Å²) < 4.78 is 89.3. The number of carbonyl (C=O) groups is 2. The van der Waals surface area contributed by atoms with Crippen LogP contribution in [0.2, 0.25) is 0 Å². The fraction of sp³-hybridized carbons (Fsp3) is 0.562. The minimum Gasteiger partial charge on any atom is -0.445 e. The molecule has 4 aliphatic rings. The van der Waals surface area contributed by atoms with E-state index in [-0.39, 0.29) is 30.0 Å². The third kappa shape index (κ3) is 6.30. The molecule has 0 unspecified atom stereocenters. The van der Waals surface area contributed by atoms with Gasteiger partial charge in [0.2, 0.25) is 11.7 Å². The summed E-state index contributed by atoms with van der Waals surface area (Å²) in [5.74, 6) is -11.7. The molecule has 2 aromatic rings. The lowest BCUT2D eigenvalue weighted by Gasteiger charge is -2.64. The van der Waals surface area contributed by atoms with Crippen molar-refractivity contribution < 1.29 is 45.6 Å². The Morgan fingerprint density at radius 3 is 2.18 bits per heavy atom. The highest BCUT2D eigenvalue weighted by molar-refractivity contribution is 6.48. The molecule has 7 nitrogen and oxygen atoms in total. The van der Waals surface area contributed by atoms with E-state index in [2.05, 4.69) is 24.5 Å². The molecule has 2 aromatic carbocycles. The Morgan fingerprint density at radius 1 is 0.956 bits per heavy atom. The minimum atomic E-state index is -2.33. The first-order valence-electron chi connectivity index (χ1n) is 15.2. The Labute approximate surface area is 259 Å². The zero-order chi connectivity index (χ0) is 32.8. The molecule has 6 rings (SSSR count). The largest absolute Gasteiger partial charge is 0.481 e. The van der Waals surface area contributed by atoms with Crippen LogP contribution in [-0.4, -0.2) is 42.8 Å². The monoisotopic (exact) mass is 636 g/mol. The lowest BCUT2D eigenvalue weighted by atomic mass is 9.43. The number of nitrogens with one attached hydrogen (secondary N) is 2. The SMILES string of the molecule is CC(C)C[C@H](NC(=O)[C@H](Cc1c(F)c(F)c(F)c(F)c1F)NC(=O)OCc1ccccc1)B1O[C@@H]2C[C@@H]3C[C@@H](C3(C)C)[C@]2(C)O1. The van der Waals surface area contributed by atoms with E-state index in [1.54, 1.807) is 30.3 Å². The number of hydrogen-bond donors (Lipinski definition) is 2. The fourth-order valence-corrected chi connectivity index (χ4v) is 7.25. The van der Waals surface area contributed by atoms with Gasteiger partial charge in [-0.3, -0.25) is 4.79 Å². The molecule has 0 radical (unpaired) electrons. The summed E-state index contributed by atoms with van der Waals surface area (Å²) in [6, 6.07) is 6.81. The van der Waals surface area contributed by atoms with Crippen LogP contribution >= 0.6 is 0 Å². The first-order chi connectivity index (χ1) is 21.1. The molecule has 45 heavy (non-hydrogen) atoms. The van der Waals surface area contributed by atoms with Crippen molar-refractivity contribution in [2.45, 2.75) is 90.6 Å². The van der Waals surface area contributed by atoms with Gasteiger partial charge in [-0.1, -0.05) is 58.0 Å². The number of benzene rings is 2. The molecule has 1 saturated heterocycles. The molecule has 13 heteroatoms. The van der Waals surface area contributed by atoms with Crippen LogP contribution in [0.15, 0.2) is 30.3 Å². The zero-order valence-corrected chi connectivity index (χ0v) is 25.9. The van der Waals surface area contributed by atoms with Crippen molar-refractivity contribution in [2.24, 2.45) is 23.2 Å². The second kappa shape index (κ2) is 12.5. The van der Waals surface area contributed by atoms with Crippen LogP contribution in [-0.2, 0) is 31.9 Å². The summed E-state index contributed by atoms with van der Waals surface area (Å²) in [4.78, 5) is 26.5. The molecule has 2 N–H and O–H groups in total. The molecule has 2 amide bonds. The first kappa shape index (κ1) is 33.2. The minimum absolute atomic E-state index is 0.0421. The van der Waals surface area contributed by atoms with E-state index in [4.69, 9.17) is 14.0 Å². The maximum absolute atomic E-state index is 14.7. The second-order valence-corrected chi connectivity index (χ2v) is 13.6. The molecule has 0 aromatic heterocycles. The summed E-state index contributed by atoms with van der Waals surface area (Å²) in [5.41, 5.74) is -1.14. The quantitative estimate of drug-likeness (QED) is 0.144. The first-order valence-corrected chi connectivity index (χ1v) is 15.2. The van der Waals surface area contributed by atoms with E-state index in [9.17, 15) is 31.5 Å². The van der Waals surface area contributed by atoms with Crippen LogP contribution in [0.4, 0.5) is 26.7 Å². The maximum atomic E-state index is 14.7. The average molecular weight is 636 g/mol. The van der Waals surface area contributed by atoms with Crippen molar-refractivity contribution in [3.8, 4) is 0 Å². The highest BCUT2D eigenvalue weighted by Gasteiger charge is 2.68. The molecule has 1 heterocycles. The predicted octanol–water partition coefficient (Wildman–Crippen LogP) is 6.02. The van der Waals surface area contributed by atoms with Crippen molar-refractivity contribution in [3.05, 3.63) is 70.5 Å². The average Bonchev–Trinajstić information content (AvgIpc) is 3.36. The van der Waals surface area contributed by atoms with Crippen molar-refractivity contribution in [1.82, 2.24) is 10.6 Å². The van der Waals surface area contributed by atoms with E-state index in [1.165, 1.54) is 0 Å². The number of amides is 2. The number of carbonyl (C=O) groups excluding carboxylic acids is 2. The van der Waals surface area contributed by atoms with Gasteiger partial charge in [0.1, 0.15) is 12.6 Å². The lowest BCUT2D eigenvalue weighted by Crippen LogP contribution is -2.65. The van der Waals surface area contributed by atoms with Crippen LogP contribution in [0.25, 0.3) is 0 Å². The van der Waals surface area contributed by atoms with Gasteiger partial charge in [0.25, 0.3) is 0 Å². The van der Waals surface area contributed by atoms with Crippen LogP contribution in [0.1, 0.15) is 65.0 Å². The molecule has 2 bridgehead atoms.